The fourth-order valence-electron chi connectivity index (χ4n) is 2.50. The second kappa shape index (κ2) is 6.85. The quantitative estimate of drug-likeness (QED) is 0.842. The molecular formula is C14H25F3N2O2. The lowest BCUT2D eigenvalue weighted by Crippen LogP contribution is -2.54. The molecular weight excluding hydrogens is 285 g/mol. The van der Waals surface area contributed by atoms with Crippen molar-refractivity contribution < 1.29 is 23.1 Å². The number of halogens is 3. The molecule has 0 aromatic carbocycles. The van der Waals surface area contributed by atoms with Crippen molar-refractivity contribution in [2.75, 3.05) is 19.7 Å². The SMILES string of the molecule is CC(C)(C)C[C@@H](NC(=O)N1CCC[C@@H](CO)C1)C(F)(F)F. The highest BCUT2D eigenvalue weighted by atomic mass is 19.4. The van der Waals surface area contributed by atoms with Gasteiger partial charge in [0, 0.05) is 19.7 Å². The molecule has 0 saturated carbocycles. The van der Waals surface area contributed by atoms with Crippen molar-refractivity contribution in [3.05, 3.63) is 0 Å². The number of nitrogens with one attached hydrogen (secondary N) is 1. The van der Waals surface area contributed by atoms with Crippen LogP contribution >= 0.6 is 0 Å². The van der Waals surface area contributed by atoms with Crippen molar-refractivity contribution in [2.45, 2.75) is 52.3 Å². The highest BCUT2D eigenvalue weighted by Crippen LogP contribution is 2.30. The zero-order valence-electron chi connectivity index (χ0n) is 12.8. The van der Waals surface area contributed by atoms with Gasteiger partial charge in [0.2, 0.25) is 0 Å². The minimum atomic E-state index is -4.46. The molecule has 0 spiro atoms. The number of likely N-dealkylation sites (tertiary alicyclic amines) is 1. The summed E-state index contributed by atoms with van der Waals surface area (Å²) < 4.78 is 39.1. The topological polar surface area (TPSA) is 52.6 Å². The van der Waals surface area contributed by atoms with E-state index in [9.17, 15) is 18.0 Å². The molecule has 0 aromatic heterocycles. The Bertz CT molecular complexity index is 353. The van der Waals surface area contributed by atoms with Gasteiger partial charge in [-0.2, -0.15) is 13.2 Å². The third-order valence-electron chi connectivity index (χ3n) is 3.57. The van der Waals surface area contributed by atoms with E-state index in [1.54, 1.807) is 20.8 Å². The molecule has 1 saturated heterocycles. The molecule has 124 valence electrons. The lowest BCUT2D eigenvalue weighted by atomic mass is 9.88. The lowest BCUT2D eigenvalue weighted by Gasteiger charge is -2.35. The van der Waals surface area contributed by atoms with Crippen LogP contribution in [-0.2, 0) is 0 Å². The zero-order valence-corrected chi connectivity index (χ0v) is 12.8. The molecule has 0 radical (unpaired) electrons. The Morgan fingerprint density at radius 1 is 1.38 bits per heavy atom. The first kappa shape index (κ1) is 18.1. The zero-order chi connectivity index (χ0) is 16.3. The maximum Gasteiger partial charge on any atom is 0.408 e. The van der Waals surface area contributed by atoms with E-state index in [1.165, 1.54) is 4.90 Å². The molecule has 2 atom stereocenters. The van der Waals surface area contributed by atoms with Gasteiger partial charge in [0.1, 0.15) is 6.04 Å². The van der Waals surface area contributed by atoms with Gasteiger partial charge in [-0.25, -0.2) is 4.79 Å². The van der Waals surface area contributed by atoms with Crippen LogP contribution in [0.4, 0.5) is 18.0 Å². The Hall–Kier alpha value is -0.980. The van der Waals surface area contributed by atoms with Gasteiger partial charge >= 0.3 is 12.2 Å². The maximum absolute atomic E-state index is 13.0. The summed E-state index contributed by atoms with van der Waals surface area (Å²) in [5.74, 6) is -0.0450. The Labute approximate surface area is 123 Å². The van der Waals surface area contributed by atoms with E-state index in [-0.39, 0.29) is 18.9 Å². The molecule has 0 unspecified atom stereocenters. The van der Waals surface area contributed by atoms with E-state index in [1.807, 2.05) is 0 Å². The Morgan fingerprint density at radius 3 is 2.48 bits per heavy atom. The molecule has 1 heterocycles. The minimum absolute atomic E-state index is 0.0450. The van der Waals surface area contributed by atoms with E-state index in [0.29, 0.717) is 19.5 Å². The number of aliphatic hydroxyl groups excluding tert-OH is 1. The predicted octanol–water partition coefficient (Wildman–Crippen LogP) is 2.77. The summed E-state index contributed by atoms with van der Waals surface area (Å²) in [4.78, 5) is 13.4. The van der Waals surface area contributed by atoms with Gasteiger partial charge in [-0.3, -0.25) is 0 Å². The molecule has 1 aliphatic heterocycles. The third-order valence-corrected chi connectivity index (χ3v) is 3.57. The molecule has 2 amide bonds. The molecule has 7 heteroatoms. The molecule has 4 nitrogen and oxygen atoms in total. The van der Waals surface area contributed by atoms with Crippen molar-refractivity contribution in [3.8, 4) is 0 Å². The van der Waals surface area contributed by atoms with E-state index < -0.39 is 23.7 Å². The van der Waals surface area contributed by atoms with Crippen LogP contribution in [0.3, 0.4) is 0 Å². The highest BCUT2D eigenvalue weighted by molar-refractivity contribution is 5.74. The van der Waals surface area contributed by atoms with Gasteiger partial charge < -0.3 is 15.3 Å². The average Bonchev–Trinajstić information content (AvgIpc) is 2.35. The van der Waals surface area contributed by atoms with Crippen LogP contribution < -0.4 is 5.32 Å². The second-order valence-electron chi connectivity index (χ2n) is 6.95. The number of urea groups is 1. The fraction of sp³-hybridized carbons (Fsp3) is 0.929. The number of amides is 2. The van der Waals surface area contributed by atoms with Crippen LogP contribution in [0.25, 0.3) is 0 Å². The van der Waals surface area contributed by atoms with Crippen LogP contribution in [0.15, 0.2) is 0 Å². The third kappa shape index (κ3) is 6.11. The van der Waals surface area contributed by atoms with Gasteiger partial charge in [0.05, 0.1) is 0 Å². The summed E-state index contributed by atoms with van der Waals surface area (Å²) in [5.41, 5.74) is -0.539. The van der Waals surface area contributed by atoms with Crippen molar-refractivity contribution in [1.29, 1.82) is 0 Å². The summed E-state index contributed by atoms with van der Waals surface area (Å²) in [7, 11) is 0. The summed E-state index contributed by atoms with van der Waals surface area (Å²) in [5, 5.41) is 11.2. The number of aliphatic hydroxyl groups is 1. The number of carbonyl (C=O) groups is 1. The number of hydrogen-bond donors (Lipinski definition) is 2. The highest BCUT2D eigenvalue weighted by Gasteiger charge is 2.43. The lowest BCUT2D eigenvalue weighted by molar-refractivity contribution is -0.159. The summed E-state index contributed by atoms with van der Waals surface area (Å²) in [6.07, 6.45) is -3.13. The minimum Gasteiger partial charge on any atom is -0.396 e. The van der Waals surface area contributed by atoms with Crippen LogP contribution in [0.1, 0.15) is 40.0 Å². The van der Waals surface area contributed by atoms with E-state index >= 15 is 0 Å². The number of rotatable bonds is 3. The summed E-state index contributed by atoms with van der Waals surface area (Å²) in [6, 6.07) is -2.54. The molecule has 1 rings (SSSR count). The molecule has 0 bridgehead atoms. The van der Waals surface area contributed by atoms with Gasteiger partial charge in [-0.15, -0.1) is 0 Å². The van der Waals surface area contributed by atoms with Crippen LogP contribution in [0, 0.1) is 11.3 Å². The van der Waals surface area contributed by atoms with Gasteiger partial charge in [0.15, 0.2) is 0 Å². The monoisotopic (exact) mass is 310 g/mol. The first-order chi connectivity index (χ1) is 9.53. The molecule has 1 fully saturated rings. The van der Waals surface area contributed by atoms with Gasteiger partial charge in [-0.1, -0.05) is 20.8 Å². The first-order valence-electron chi connectivity index (χ1n) is 7.26. The smallest absolute Gasteiger partial charge is 0.396 e. The standard InChI is InChI=1S/C14H25F3N2O2/c1-13(2,3)7-11(14(15,16)17)18-12(21)19-6-4-5-10(8-19)9-20/h10-11,20H,4-9H2,1-3H3,(H,18,21)/t10-,11-/m1/s1. The second-order valence-corrected chi connectivity index (χ2v) is 6.95. The number of piperidine rings is 1. The van der Waals surface area contributed by atoms with Gasteiger partial charge in [0.25, 0.3) is 0 Å². The number of hydrogen-bond acceptors (Lipinski definition) is 2. The van der Waals surface area contributed by atoms with Crippen molar-refractivity contribution >= 4 is 6.03 Å². The van der Waals surface area contributed by atoms with Crippen LogP contribution in [0.5, 0.6) is 0 Å². The number of alkyl halides is 3. The number of carbonyl (C=O) groups excluding carboxylic acids is 1. The summed E-state index contributed by atoms with van der Waals surface area (Å²) in [6.45, 7) is 5.82. The van der Waals surface area contributed by atoms with Crippen molar-refractivity contribution in [3.63, 3.8) is 0 Å². The van der Waals surface area contributed by atoms with Crippen molar-refractivity contribution in [2.24, 2.45) is 11.3 Å². The van der Waals surface area contributed by atoms with Gasteiger partial charge in [-0.05, 0) is 30.6 Å². The largest absolute Gasteiger partial charge is 0.408 e. The summed E-state index contributed by atoms with van der Waals surface area (Å²) >= 11 is 0. The first-order valence-corrected chi connectivity index (χ1v) is 7.26. The predicted molar refractivity (Wildman–Crippen MR) is 73.8 cm³/mol. The molecule has 1 aliphatic rings. The molecule has 21 heavy (non-hydrogen) atoms. The maximum atomic E-state index is 13.0. The fourth-order valence-corrected chi connectivity index (χ4v) is 2.50. The Morgan fingerprint density at radius 2 is 2.00 bits per heavy atom. The normalized spacial score (nSPS) is 22.0. The molecule has 0 aromatic rings. The van der Waals surface area contributed by atoms with Crippen molar-refractivity contribution in [1.82, 2.24) is 10.2 Å². The van der Waals surface area contributed by atoms with E-state index in [4.69, 9.17) is 5.11 Å². The van der Waals surface area contributed by atoms with Crippen LogP contribution in [-0.4, -0.2) is 48.0 Å². The molecule has 0 aliphatic carbocycles. The Balaban J connectivity index is 2.67. The van der Waals surface area contributed by atoms with E-state index in [2.05, 4.69) is 5.32 Å². The average molecular weight is 310 g/mol. The number of nitrogens with zero attached hydrogens (tertiary/aromatic N) is 1. The van der Waals surface area contributed by atoms with Crippen LogP contribution in [0.2, 0.25) is 0 Å². The Kier molecular flexibility index (Phi) is 5.90. The molecule has 2 N–H and O–H groups in total. The van der Waals surface area contributed by atoms with E-state index in [0.717, 1.165) is 6.42 Å².